The second-order valence-electron chi connectivity index (χ2n) is 4.07. The van der Waals surface area contributed by atoms with Gasteiger partial charge >= 0.3 is 0 Å². The van der Waals surface area contributed by atoms with Gasteiger partial charge in [0.2, 0.25) is 5.91 Å². The summed E-state index contributed by atoms with van der Waals surface area (Å²) in [5.74, 6) is 0.0150. The first-order chi connectivity index (χ1) is 8.74. The Kier molecular flexibility index (Phi) is 4.37. The number of amides is 1. The maximum atomic E-state index is 11.7. The number of nitrogens with one attached hydrogen (secondary N) is 1. The zero-order valence-electron chi connectivity index (χ0n) is 9.90. The zero-order chi connectivity index (χ0) is 12.8. The van der Waals surface area contributed by atoms with E-state index in [1.54, 1.807) is 12.1 Å². The van der Waals surface area contributed by atoms with E-state index in [1.165, 1.54) is 0 Å². The van der Waals surface area contributed by atoms with Crippen molar-refractivity contribution in [1.82, 2.24) is 5.32 Å². The van der Waals surface area contributed by atoms with Crippen LogP contribution < -0.4 is 5.32 Å². The topological polar surface area (TPSA) is 29.1 Å². The maximum absolute atomic E-state index is 11.7. The van der Waals surface area contributed by atoms with Crippen LogP contribution >= 0.6 is 11.6 Å². The lowest BCUT2D eigenvalue weighted by Gasteiger charge is -2.05. The van der Waals surface area contributed by atoms with Crippen molar-refractivity contribution in [2.24, 2.45) is 0 Å². The fraction of sp³-hybridized carbons (Fsp3) is 0.133. The molecule has 92 valence electrons. The van der Waals surface area contributed by atoms with E-state index in [2.05, 4.69) is 5.32 Å². The minimum Gasteiger partial charge on any atom is -0.352 e. The number of hydrogen-bond donors (Lipinski definition) is 1. The normalized spacial score (nSPS) is 10.1. The molecule has 0 aliphatic heterocycles. The van der Waals surface area contributed by atoms with Crippen LogP contribution in [0, 0.1) is 0 Å². The number of carbonyl (C=O) groups excluding carboxylic acids is 1. The van der Waals surface area contributed by atoms with Crippen molar-refractivity contribution in [2.75, 3.05) is 0 Å². The Morgan fingerprint density at radius 3 is 2.28 bits per heavy atom. The molecule has 2 nitrogen and oxygen atoms in total. The number of benzene rings is 2. The van der Waals surface area contributed by atoms with Gasteiger partial charge in [0, 0.05) is 11.6 Å². The monoisotopic (exact) mass is 259 g/mol. The van der Waals surface area contributed by atoms with Crippen LogP contribution in [0.5, 0.6) is 0 Å². The average molecular weight is 260 g/mol. The van der Waals surface area contributed by atoms with Crippen molar-refractivity contribution in [2.45, 2.75) is 13.0 Å². The van der Waals surface area contributed by atoms with Crippen LogP contribution in [0.3, 0.4) is 0 Å². The molecule has 0 radical (unpaired) electrons. The molecule has 0 unspecified atom stereocenters. The summed E-state index contributed by atoms with van der Waals surface area (Å²) < 4.78 is 0. The molecule has 0 saturated heterocycles. The summed E-state index contributed by atoms with van der Waals surface area (Å²) in [7, 11) is 0. The number of halogens is 1. The predicted molar refractivity (Wildman–Crippen MR) is 73.4 cm³/mol. The highest BCUT2D eigenvalue weighted by molar-refractivity contribution is 6.30. The molecule has 2 rings (SSSR count). The third-order valence-corrected chi connectivity index (χ3v) is 2.86. The summed E-state index contributed by atoms with van der Waals surface area (Å²) in [4.78, 5) is 11.7. The van der Waals surface area contributed by atoms with Gasteiger partial charge in [-0.1, -0.05) is 54.1 Å². The Balaban J connectivity index is 1.84. The van der Waals surface area contributed by atoms with E-state index in [1.807, 2.05) is 42.5 Å². The SMILES string of the molecule is O=C(Cc1ccc(Cl)cc1)NCc1ccccc1. The van der Waals surface area contributed by atoms with E-state index < -0.39 is 0 Å². The highest BCUT2D eigenvalue weighted by Gasteiger charge is 2.02. The van der Waals surface area contributed by atoms with E-state index in [-0.39, 0.29) is 5.91 Å². The molecule has 1 amide bonds. The molecule has 18 heavy (non-hydrogen) atoms. The third kappa shape index (κ3) is 3.90. The van der Waals surface area contributed by atoms with Crippen LogP contribution in [0.2, 0.25) is 5.02 Å². The van der Waals surface area contributed by atoms with Gasteiger partial charge in [-0.3, -0.25) is 4.79 Å². The Hall–Kier alpha value is -1.80. The maximum Gasteiger partial charge on any atom is 0.224 e. The smallest absolute Gasteiger partial charge is 0.224 e. The standard InChI is InChI=1S/C15H14ClNO/c16-14-8-6-12(7-9-14)10-15(18)17-11-13-4-2-1-3-5-13/h1-9H,10-11H2,(H,17,18). The average Bonchev–Trinajstić information content (AvgIpc) is 2.40. The van der Waals surface area contributed by atoms with Crippen molar-refractivity contribution in [1.29, 1.82) is 0 Å². The van der Waals surface area contributed by atoms with Gasteiger partial charge in [0.25, 0.3) is 0 Å². The molecule has 2 aromatic rings. The van der Waals surface area contributed by atoms with E-state index >= 15 is 0 Å². The summed E-state index contributed by atoms with van der Waals surface area (Å²) in [5, 5.41) is 3.57. The first kappa shape index (κ1) is 12.7. The number of rotatable bonds is 4. The van der Waals surface area contributed by atoms with Crippen molar-refractivity contribution in [3.63, 3.8) is 0 Å². The Morgan fingerprint density at radius 2 is 1.61 bits per heavy atom. The van der Waals surface area contributed by atoms with Gasteiger partial charge in [0.15, 0.2) is 0 Å². The molecule has 0 bridgehead atoms. The minimum absolute atomic E-state index is 0.0150. The molecule has 0 aliphatic rings. The van der Waals surface area contributed by atoms with Crippen molar-refractivity contribution >= 4 is 17.5 Å². The summed E-state index contributed by atoms with van der Waals surface area (Å²) in [6.07, 6.45) is 0.379. The molecule has 0 spiro atoms. The third-order valence-electron chi connectivity index (χ3n) is 2.61. The Labute approximate surface area is 112 Å². The fourth-order valence-corrected chi connectivity index (χ4v) is 1.77. The second kappa shape index (κ2) is 6.22. The molecule has 0 aliphatic carbocycles. The molecule has 0 atom stereocenters. The van der Waals surface area contributed by atoms with Crippen molar-refractivity contribution in [3.05, 3.63) is 70.7 Å². The molecular weight excluding hydrogens is 246 g/mol. The van der Waals surface area contributed by atoms with Crippen LogP contribution in [0.15, 0.2) is 54.6 Å². The Bertz CT molecular complexity index is 508. The highest BCUT2D eigenvalue weighted by atomic mass is 35.5. The molecule has 0 saturated carbocycles. The lowest BCUT2D eigenvalue weighted by Crippen LogP contribution is -2.24. The van der Waals surface area contributed by atoms with E-state index in [0.717, 1.165) is 11.1 Å². The van der Waals surface area contributed by atoms with Gasteiger partial charge < -0.3 is 5.32 Å². The zero-order valence-corrected chi connectivity index (χ0v) is 10.7. The van der Waals surface area contributed by atoms with Crippen LogP contribution in [0.25, 0.3) is 0 Å². The second-order valence-corrected chi connectivity index (χ2v) is 4.50. The largest absolute Gasteiger partial charge is 0.352 e. The molecule has 0 heterocycles. The van der Waals surface area contributed by atoms with Gasteiger partial charge in [-0.15, -0.1) is 0 Å². The number of hydrogen-bond acceptors (Lipinski definition) is 1. The van der Waals surface area contributed by atoms with Crippen LogP contribution in [0.4, 0.5) is 0 Å². The Morgan fingerprint density at radius 1 is 0.944 bits per heavy atom. The highest BCUT2D eigenvalue weighted by Crippen LogP contribution is 2.09. The van der Waals surface area contributed by atoms with Crippen LogP contribution in [-0.4, -0.2) is 5.91 Å². The number of carbonyl (C=O) groups is 1. The van der Waals surface area contributed by atoms with Crippen LogP contribution in [0.1, 0.15) is 11.1 Å². The van der Waals surface area contributed by atoms with Gasteiger partial charge in [0.05, 0.1) is 6.42 Å². The minimum atomic E-state index is 0.0150. The predicted octanol–water partition coefficient (Wildman–Crippen LogP) is 3.20. The summed E-state index contributed by atoms with van der Waals surface area (Å²) in [6.45, 7) is 0.563. The molecule has 3 heteroatoms. The van der Waals surface area contributed by atoms with E-state index in [0.29, 0.717) is 18.0 Å². The first-order valence-electron chi connectivity index (χ1n) is 5.79. The lowest BCUT2D eigenvalue weighted by molar-refractivity contribution is -0.120. The van der Waals surface area contributed by atoms with Crippen molar-refractivity contribution < 1.29 is 4.79 Å². The van der Waals surface area contributed by atoms with Crippen molar-refractivity contribution in [3.8, 4) is 0 Å². The summed E-state index contributed by atoms with van der Waals surface area (Å²) >= 11 is 5.79. The summed E-state index contributed by atoms with van der Waals surface area (Å²) in [5.41, 5.74) is 2.06. The molecule has 0 fully saturated rings. The molecule has 2 aromatic carbocycles. The van der Waals surface area contributed by atoms with Gasteiger partial charge in [-0.25, -0.2) is 0 Å². The van der Waals surface area contributed by atoms with Crippen LogP contribution in [-0.2, 0) is 17.8 Å². The fourth-order valence-electron chi connectivity index (χ4n) is 1.65. The molecular formula is C15H14ClNO. The van der Waals surface area contributed by atoms with Gasteiger partial charge in [-0.05, 0) is 23.3 Å². The van der Waals surface area contributed by atoms with E-state index in [9.17, 15) is 4.79 Å². The van der Waals surface area contributed by atoms with Gasteiger partial charge in [-0.2, -0.15) is 0 Å². The lowest BCUT2D eigenvalue weighted by atomic mass is 10.1. The summed E-state index contributed by atoms with van der Waals surface area (Å²) in [6, 6.07) is 17.2. The molecule has 1 N–H and O–H groups in total. The first-order valence-corrected chi connectivity index (χ1v) is 6.17. The van der Waals surface area contributed by atoms with E-state index in [4.69, 9.17) is 11.6 Å². The molecule has 0 aromatic heterocycles. The quantitative estimate of drug-likeness (QED) is 0.898. The van der Waals surface area contributed by atoms with Gasteiger partial charge in [0.1, 0.15) is 0 Å².